The number of hydrogen-bond acceptors (Lipinski definition) is 6. The van der Waals surface area contributed by atoms with Crippen LogP contribution in [0.3, 0.4) is 0 Å². The molecule has 2 N–H and O–H groups in total. The van der Waals surface area contributed by atoms with E-state index in [4.69, 9.17) is 9.47 Å². The van der Waals surface area contributed by atoms with Crippen molar-refractivity contribution in [2.75, 3.05) is 13.2 Å². The highest BCUT2D eigenvalue weighted by Crippen LogP contribution is 2.41. The third kappa shape index (κ3) is 9.65. The number of nitrogens with zero attached hydrogens (tertiary/aromatic N) is 1. The van der Waals surface area contributed by atoms with Gasteiger partial charge in [0, 0.05) is 12.6 Å². The fourth-order valence-electron chi connectivity index (χ4n) is 4.30. The van der Waals surface area contributed by atoms with Crippen LogP contribution in [0.25, 0.3) is 0 Å². The first kappa shape index (κ1) is 31.1. The van der Waals surface area contributed by atoms with Crippen molar-refractivity contribution >= 4 is 23.9 Å². The SMILES string of the molecule is CCOC(=O)CCNC(=O)C(c1ccc(C)cc1)N(C(=O)C(CC(C)C)NC(=O)OC(C)(C)C)C1CC1C. The van der Waals surface area contributed by atoms with Crippen molar-refractivity contribution in [3.8, 4) is 0 Å². The number of carbonyl (C=O) groups excluding carboxylic acids is 4. The monoisotopic (exact) mass is 531 g/mol. The zero-order valence-electron chi connectivity index (χ0n) is 24.1. The van der Waals surface area contributed by atoms with Crippen LogP contribution in [0.5, 0.6) is 0 Å². The summed E-state index contributed by atoms with van der Waals surface area (Å²) >= 11 is 0. The number of rotatable bonds is 12. The van der Waals surface area contributed by atoms with Gasteiger partial charge in [-0.25, -0.2) is 4.79 Å². The summed E-state index contributed by atoms with van der Waals surface area (Å²) in [6.45, 7) is 15.3. The van der Waals surface area contributed by atoms with Crippen molar-refractivity contribution in [3.63, 3.8) is 0 Å². The quantitative estimate of drug-likeness (QED) is 0.389. The van der Waals surface area contributed by atoms with Gasteiger partial charge in [-0.1, -0.05) is 50.6 Å². The van der Waals surface area contributed by atoms with Gasteiger partial charge in [-0.05, 0) is 64.9 Å². The molecule has 9 nitrogen and oxygen atoms in total. The Morgan fingerprint density at radius 1 is 1.11 bits per heavy atom. The van der Waals surface area contributed by atoms with E-state index in [0.717, 1.165) is 12.0 Å². The van der Waals surface area contributed by atoms with Gasteiger partial charge in [0.15, 0.2) is 0 Å². The molecule has 1 aliphatic carbocycles. The summed E-state index contributed by atoms with van der Waals surface area (Å²) in [7, 11) is 0. The second-order valence-electron chi connectivity index (χ2n) is 11.5. The zero-order chi connectivity index (χ0) is 28.6. The second-order valence-corrected chi connectivity index (χ2v) is 11.5. The predicted octanol–water partition coefficient (Wildman–Crippen LogP) is 4.28. The van der Waals surface area contributed by atoms with Gasteiger partial charge >= 0.3 is 12.1 Å². The van der Waals surface area contributed by atoms with Gasteiger partial charge in [-0.15, -0.1) is 0 Å². The minimum absolute atomic E-state index is 0.0319. The highest BCUT2D eigenvalue weighted by Gasteiger charge is 2.48. The molecule has 0 spiro atoms. The summed E-state index contributed by atoms with van der Waals surface area (Å²) in [5, 5.41) is 5.59. The third-order valence-electron chi connectivity index (χ3n) is 6.23. The maximum atomic E-state index is 14.2. The summed E-state index contributed by atoms with van der Waals surface area (Å²) in [6, 6.07) is 5.55. The first-order chi connectivity index (χ1) is 17.7. The van der Waals surface area contributed by atoms with Crippen molar-refractivity contribution < 1.29 is 28.7 Å². The molecular formula is C29H45N3O6. The number of alkyl carbamates (subject to hydrolysis) is 1. The fraction of sp³-hybridized carbons (Fsp3) is 0.655. The molecule has 2 rings (SSSR count). The van der Waals surface area contributed by atoms with Gasteiger partial charge in [0.1, 0.15) is 17.7 Å². The highest BCUT2D eigenvalue weighted by molar-refractivity contribution is 5.92. The predicted molar refractivity (Wildman–Crippen MR) is 145 cm³/mol. The van der Waals surface area contributed by atoms with Crippen molar-refractivity contribution in [1.82, 2.24) is 15.5 Å². The smallest absolute Gasteiger partial charge is 0.408 e. The van der Waals surface area contributed by atoms with Crippen LogP contribution in [0, 0.1) is 18.8 Å². The molecule has 0 bridgehead atoms. The molecule has 1 aliphatic rings. The Bertz CT molecular complexity index is 970. The molecule has 0 radical (unpaired) electrons. The number of ether oxygens (including phenoxy) is 2. The van der Waals surface area contributed by atoms with E-state index in [2.05, 4.69) is 10.6 Å². The molecule has 0 saturated heterocycles. The molecule has 0 heterocycles. The Morgan fingerprint density at radius 2 is 1.71 bits per heavy atom. The molecule has 1 saturated carbocycles. The molecule has 38 heavy (non-hydrogen) atoms. The fourth-order valence-corrected chi connectivity index (χ4v) is 4.30. The Hall–Kier alpha value is -3.10. The number of hydrogen-bond donors (Lipinski definition) is 2. The first-order valence-corrected chi connectivity index (χ1v) is 13.5. The molecule has 3 amide bonds. The van der Waals surface area contributed by atoms with Crippen molar-refractivity contribution in [2.45, 2.75) is 98.4 Å². The summed E-state index contributed by atoms with van der Waals surface area (Å²) < 4.78 is 10.4. The summed E-state index contributed by atoms with van der Waals surface area (Å²) in [5.74, 6) is -0.799. The Balaban J connectivity index is 2.41. The lowest BCUT2D eigenvalue weighted by Gasteiger charge is -2.35. The molecule has 1 aromatic carbocycles. The van der Waals surface area contributed by atoms with Crippen molar-refractivity contribution in [2.24, 2.45) is 11.8 Å². The molecule has 1 aromatic rings. The lowest BCUT2D eigenvalue weighted by molar-refractivity contribution is -0.145. The Labute approximate surface area is 227 Å². The summed E-state index contributed by atoms with van der Waals surface area (Å²) in [5.41, 5.74) is 0.970. The number of nitrogens with one attached hydrogen (secondary N) is 2. The number of esters is 1. The normalized spacial score (nSPS) is 18.2. The van der Waals surface area contributed by atoms with Crippen LogP contribution in [0.4, 0.5) is 4.79 Å². The second kappa shape index (κ2) is 13.6. The van der Waals surface area contributed by atoms with E-state index in [9.17, 15) is 19.2 Å². The standard InChI is InChI=1S/C29H45N3O6/c1-9-37-24(33)14-15-30-26(34)25(21-12-10-19(4)11-13-21)32(23-17-20(23)5)27(35)22(16-18(2)3)31-28(36)38-29(6,7)8/h10-13,18,20,22-23,25H,9,14-17H2,1-8H3,(H,30,34)(H,31,36). The molecule has 4 unspecified atom stereocenters. The molecule has 1 fully saturated rings. The first-order valence-electron chi connectivity index (χ1n) is 13.5. The number of aryl methyl sites for hydroxylation is 1. The van der Waals surface area contributed by atoms with Gasteiger partial charge in [-0.2, -0.15) is 0 Å². The number of carbonyl (C=O) groups is 4. The van der Waals surface area contributed by atoms with E-state index in [1.807, 2.05) is 52.0 Å². The van der Waals surface area contributed by atoms with E-state index in [1.165, 1.54) is 0 Å². The van der Waals surface area contributed by atoms with Crippen molar-refractivity contribution in [3.05, 3.63) is 35.4 Å². The van der Waals surface area contributed by atoms with Gasteiger partial charge < -0.3 is 25.0 Å². The maximum Gasteiger partial charge on any atom is 0.408 e. The third-order valence-corrected chi connectivity index (χ3v) is 6.23. The van der Waals surface area contributed by atoms with Gasteiger partial charge in [0.2, 0.25) is 11.8 Å². The molecule has 0 aliphatic heterocycles. The minimum Gasteiger partial charge on any atom is -0.466 e. The largest absolute Gasteiger partial charge is 0.466 e. The van der Waals surface area contributed by atoms with E-state index >= 15 is 0 Å². The van der Waals surface area contributed by atoms with Gasteiger partial charge in [0.25, 0.3) is 0 Å². The Morgan fingerprint density at radius 3 is 2.21 bits per heavy atom. The lowest BCUT2D eigenvalue weighted by atomic mass is 9.98. The lowest BCUT2D eigenvalue weighted by Crippen LogP contribution is -2.54. The van der Waals surface area contributed by atoms with Gasteiger partial charge in [0.05, 0.1) is 13.0 Å². The van der Waals surface area contributed by atoms with Crippen LogP contribution in [-0.4, -0.2) is 59.6 Å². The van der Waals surface area contributed by atoms with Crippen LogP contribution >= 0.6 is 0 Å². The van der Waals surface area contributed by atoms with Crippen LogP contribution in [0.15, 0.2) is 24.3 Å². The molecule has 9 heteroatoms. The van der Waals surface area contributed by atoms with Crippen LogP contribution in [0.1, 0.15) is 84.9 Å². The van der Waals surface area contributed by atoms with E-state index < -0.39 is 29.7 Å². The molecular weight excluding hydrogens is 486 g/mol. The maximum absolute atomic E-state index is 14.2. The average Bonchev–Trinajstić information content (AvgIpc) is 3.51. The van der Waals surface area contributed by atoms with E-state index in [-0.39, 0.29) is 49.3 Å². The molecule has 212 valence electrons. The topological polar surface area (TPSA) is 114 Å². The van der Waals surface area contributed by atoms with Crippen LogP contribution in [-0.2, 0) is 23.9 Å². The average molecular weight is 532 g/mol. The summed E-state index contributed by atoms with van der Waals surface area (Å²) in [6.07, 6.45) is 0.502. The van der Waals surface area contributed by atoms with Crippen molar-refractivity contribution in [1.29, 1.82) is 0 Å². The summed E-state index contributed by atoms with van der Waals surface area (Å²) in [4.78, 5) is 53.9. The number of benzene rings is 1. The highest BCUT2D eigenvalue weighted by atomic mass is 16.6. The van der Waals surface area contributed by atoms with E-state index in [0.29, 0.717) is 12.0 Å². The van der Waals surface area contributed by atoms with Crippen LogP contribution in [0.2, 0.25) is 0 Å². The van der Waals surface area contributed by atoms with Crippen LogP contribution < -0.4 is 10.6 Å². The van der Waals surface area contributed by atoms with E-state index in [1.54, 1.807) is 32.6 Å². The minimum atomic E-state index is -0.921. The molecule has 0 aromatic heterocycles. The zero-order valence-corrected chi connectivity index (χ0v) is 24.1. The Kier molecular flexibility index (Phi) is 11.2. The number of amides is 3. The van der Waals surface area contributed by atoms with Gasteiger partial charge in [-0.3, -0.25) is 14.4 Å². The molecule has 4 atom stereocenters.